The lowest BCUT2D eigenvalue weighted by atomic mass is 9.88. The molecule has 36 heavy (non-hydrogen) atoms. The van der Waals surface area contributed by atoms with Crippen LogP contribution in [0.15, 0.2) is 72.8 Å². The smallest absolute Gasteiger partial charge is 0.0490 e. The van der Waals surface area contributed by atoms with Crippen molar-refractivity contribution in [2.45, 2.75) is 84.0 Å². The number of hydrogen-bond acceptors (Lipinski definition) is 2. The number of rotatable bonds is 14. The number of hydrogen-bond donors (Lipinski definition) is 1. The highest BCUT2D eigenvalue weighted by Gasteiger charge is 2.25. The zero-order valence-corrected chi connectivity index (χ0v) is 22.2. The molecule has 2 nitrogen and oxygen atoms in total. The third-order valence-electron chi connectivity index (χ3n) is 7.45. The van der Waals surface area contributed by atoms with Crippen LogP contribution in [-0.2, 0) is 0 Å². The number of nitrogens with two attached hydrogens (primary N) is 1. The highest BCUT2D eigenvalue weighted by Crippen LogP contribution is 2.45. The van der Waals surface area contributed by atoms with Crippen molar-refractivity contribution in [3.05, 3.63) is 89.5 Å². The first-order valence-electron chi connectivity index (χ1n) is 14.3. The molecule has 3 aromatic rings. The van der Waals surface area contributed by atoms with Gasteiger partial charge in [-0.1, -0.05) is 126 Å². The molecule has 3 aromatic carbocycles. The highest BCUT2D eigenvalue weighted by molar-refractivity contribution is 6.03. The predicted molar refractivity (Wildman–Crippen MR) is 159 cm³/mol. The minimum absolute atomic E-state index is 0.801. The first-order valence-corrected chi connectivity index (χ1v) is 14.3. The van der Waals surface area contributed by atoms with Crippen molar-refractivity contribution in [1.29, 1.82) is 0 Å². The second-order valence-electron chi connectivity index (χ2n) is 10.3. The van der Waals surface area contributed by atoms with Crippen LogP contribution in [0, 0.1) is 0 Å². The van der Waals surface area contributed by atoms with Gasteiger partial charge in [0, 0.05) is 34.7 Å². The maximum atomic E-state index is 5.92. The third kappa shape index (κ3) is 7.03. The Morgan fingerprint density at radius 1 is 0.583 bits per heavy atom. The fourth-order valence-electron chi connectivity index (χ4n) is 5.41. The van der Waals surface area contributed by atoms with E-state index in [0.717, 1.165) is 12.2 Å². The average molecular weight is 481 g/mol. The summed E-state index contributed by atoms with van der Waals surface area (Å²) in [5.74, 6) is 0. The molecule has 0 unspecified atom stereocenters. The molecular formula is C34H44N2. The molecule has 0 saturated heterocycles. The van der Waals surface area contributed by atoms with Gasteiger partial charge in [0.05, 0.1) is 0 Å². The van der Waals surface area contributed by atoms with Crippen molar-refractivity contribution < 1.29 is 0 Å². The molecule has 0 atom stereocenters. The van der Waals surface area contributed by atoms with Crippen molar-refractivity contribution >= 4 is 28.7 Å². The Kier molecular flexibility index (Phi) is 10.1. The van der Waals surface area contributed by atoms with Crippen LogP contribution in [-0.4, -0.2) is 6.54 Å². The summed E-state index contributed by atoms with van der Waals surface area (Å²) in [5.41, 5.74) is 14.5. The van der Waals surface area contributed by atoms with Gasteiger partial charge in [0.25, 0.3) is 0 Å². The van der Waals surface area contributed by atoms with E-state index in [1.165, 1.54) is 111 Å². The van der Waals surface area contributed by atoms with Crippen LogP contribution in [0.2, 0.25) is 0 Å². The Labute approximate surface area is 219 Å². The van der Waals surface area contributed by atoms with Gasteiger partial charge in [0.1, 0.15) is 0 Å². The van der Waals surface area contributed by atoms with E-state index < -0.39 is 0 Å². The molecule has 0 radical (unpaired) electrons. The summed E-state index contributed by atoms with van der Waals surface area (Å²) in [7, 11) is 0. The van der Waals surface area contributed by atoms with E-state index in [4.69, 9.17) is 5.73 Å². The van der Waals surface area contributed by atoms with Gasteiger partial charge in [-0.15, -0.1) is 0 Å². The van der Waals surface area contributed by atoms with Crippen molar-refractivity contribution in [3.8, 4) is 0 Å². The number of benzene rings is 3. The highest BCUT2D eigenvalue weighted by atomic mass is 15.1. The normalized spacial score (nSPS) is 12.4. The van der Waals surface area contributed by atoms with E-state index in [9.17, 15) is 0 Å². The molecule has 0 amide bonds. The zero-order chi connectivity index (χ0) is 25.0. The monoisotopic (exact) mass is 480 g/mol. The van der Waals surface area contributed by atoms with E-state index in [0.29, 0.717) is 0 Å². The van der Waals surface area contributed by atoms with E-state index in [-0.39, 0.29) is 0 Å². The molecular weight excluding hydrogens is 436 g/mol. The Bertz CT molecular complexity index is 1050. The molecule has 0 aliphatic carbocycles. The number of nitrogen functional groups attached to an aromatic ring is 1. The molecule has 1 aliphatic rings. The van der Waals surface area contributed by atoms with Crippen LogP contribution < -0.4 is 10.6 Å². The Hall–Kier alpha value is -3.00. The molecule has 4 rings (SSSR count). The van der Waals surface area contributed by atoms with Gasteiger partial charge in [0.2, 0.25) is 0 Å². The molecule has 0 spiro atoms. The van der Waals surface area contributed by atoms with Crippen LogP contribution >= 0.6 is 0 Å². The lowest BCUT2D eigenvalue weighted by Crippen LogP contribution is -2.24. The molecule has 1 heterocycles. The number of nitrogens with zero attached hydrogens (tertiary/aromatic N) is 1. The minimum atomic E-state index is 0.801. The summed E-state index contributed by atoms with van der Waals surface area (Å²) in [5, 5.41) is 0. The summed E-state index contributed by atoms with van der Waals surface area (Å²) < 4.78 is 0. The van der Waals surface area contributed by atoms with Crippen molar-refractivity contribution in [3.63, 3.8) is 0 Å². The minimum Gasteiger partial charge on any atom is -0.399 e. The van der Waals surface area contributed by atoms with Gasteiger partial charge >= 0.3 is 0 Å². The van der Waals surface area contributed by atoms with Crippen LogP contribution in [0.25, 0.3) is 11.6 Å². The quantitative estimate of drug-likeness (QED) is 0.184. The van der Waals surface area contributed by atoms with Gasteiger partial charge in [0.15, 0.2) is 0 Å². The fraction of sp³-hybridized carbons (Fsp3) is 0.412. The van der Waals surface area contributed by atoms with Crippen LogP contribution in [0.1, 0.15) is 101 Å². The van der Waals surface area contributed by atoms with Gasteiger partial charge in [-0.05, 0) is 47.9 Å². The molecule has 0 bridgehead atoms. The molecule has 0 fully saturated rings. The van der Waals surface area contributed by atoms with E-state index in [1.807, 2.05) is 12.1 Å². The van der Waals surface area contributed by atoms with Gasteiger partial charge < -0.3 is 10.6 Å². The Balaban J connectivity index is 1.35. The van der Waals surface area contributed by atoms with E-state index >= 15 is 0 Å². The summed E-state index contributed by atoms with van der Waals surface area (Å²) >= 11 is 0. The lowest BCUT2D eigenvalue weighted by Gasteiger charge is -2.35. The first-order chi connectivity index (χ1) is 17.8. The second-order valence-corrected chi connectivity index (χ2v) is 10.3. The average Bonchev–Trinajstić information content (AvgIpc) is 2.91. The predicted octanol–water partition coefficient (Wildman–Crippen LogP) is 10.0. The zero-order valence-electron chi connectivity index (χ0n) is 22.2. The second kappa shape index (κ2) is 13.9. The molecule has 1 aliphatic heterocycles. The molecule has 0 aromatic heterocycles. The maximum absolute atomic E-state index is 5.92. The largest absolute Gasteiger partial charge is 0.399 e. The summed E-state index contributed by atoms with van der Waals surface area (Å²) in [6.07, 6.45) is 18.9. The fourth-order valence-corrected chi connectivity index (χ4v) is 5.41. The summed E-state index contributed by atoms with van der Waals surface area (Å²) in [6, 6.07) is 25.9. The molecule has 0 saturated carbocycles. The number of para-hydroxylation sites is 2. The maximum Gasteiger partial charge on any atom is 0.0490 e. The number of anilines is 3. The van der Waals surface area contributed by atoms with Gasteiger partial charge in [-0.3, -0.25) is 0 Å². The van der Waals surface area contributed by atoms with Gasteiger partial charge in [-0.25, -0.2) is 0 Å². The lowest BCUT2D eigenvalue weighted by molar-refractivity contribution is 0.544. The van der Waals surface area contributed by atoms with Crippen LogP contribution in [0.4, 0.5) is 17.1 Å². The molecule has 2 heteroatoms. The van der Waals surface area contributed by atoms with Gasteiger partial charge in [-0.2, -0.15) is 0 Å². The topological polar surface area (TPSA) is 29.3 Å². The third-order valence-corrected chi connectivity index (χ3v) is 7.45. The molecule has 190 valence electrons. The standard InChI is InChI=1S/C34H44N2/c1-2-3-4-5-6-7-8-9-10-11-12-17-26-36-33-20-15-13-18-30(33)32(31-19-14-16-21-34(31)36)27-28-22-24-29(35)25-23-28/h13-16,18-25,27H,2-12,17,26,35H2,1H3. The summed E-state index contributed by atoms with van der Waals surface area (Å²) in [6.45, 7) is 3.36. The first kappa shape index (κ1) is 26.1. The van der Waals surface area contributed by atoms with Crippen molar-refractivity contribution in [1.82, 2.24) is 0 Å². The Morgan fingerprint density at radius 2 is 1.06 bits per heavy atom. The van der Waals surface area contributed by atoms with Crippen LogP contribution in [0.3, 0.4) is 0 Å². The van der Waals surface area contributed by atoms with Crippen molar-refractivity contribution in [2.24, 2.45) is 0 Å². The van der Waals surface area contributed by atoms with E-state index in [1.54, 1.807) is 0 Å². The van der Waals surface area contributed by atoms with Crippen molar-refractivity contribution in [2.75, 3.05) is 17.2 Å². The number of unbranched alkanes of at least 4 members (excludes halogenated alkanes) is 11. The number of fused-ring (bicyclic) bond motifs is 2. The Morgan fingerprint density at radius 3 is 1.58 bits per heavy atom. The summed E-state index contributed by atoms with van der Waals surface area (Å²) in [4.78, 5) is 2.54. The van der Waals surface area contributed by atoms with Crippen LogP contribution in [0.5, 0.6) is 0 Å². The van der Waals surface area contributed by atoms with E-state index in [2.05, 4.69) is 78.6 Å². The molecule has 2 N–H and O–H groups in total. The SMILES string of the molecule is CCCCCCCCCCCCCCN1c2ccccc2C(=Cc2ccc(N)cc2)c2ccccc21.